The maximum atomic E-state index is 6.13. The van der Waals surface area contributed by atoms with Gasteiger partial charge in [0, 0.05) is 10.1 Å². The molecule has 0 unspecified atom stereocenters. The second kappa shape index (κ2) is 5.16. The molecule has 2 aliphatic rings. The molecule has 0 bridgehead atoms. The number of aromatic nitrogens is 2. The summed E-state index contributed by atoms with van der Waals surface area (Å²) in [4.78, 5) is 4.73. The van der Waals surface area contributed by atoms with Crippen molar-refractivity contribution >= 4 is 45.2 Å². The number of halogens is 2. The van der Waals surface area contributed by atoms with Gasteiger partial charge in [-0.1, -0.05) is 0 Å². The number of hydrogen-bond donors (Lipinski definition) is 0. The molecule has 0 saturated heterocycles. The first-order chi connectivity index (χ1) is 9.76. The van der Waals surface area contributed by atoms with E-state index in [1.165, 1.54) is 34.8 Å². The summed E-state index contributed by atoms with van der Waals surface area (Å²) in [5, 5.41) is 0. The molecule has 0 spiro atoms. The first-order valence-electron chi connectivity index (χ1n) is 7.47. The van der Waals surface area contributed by atoms with Crippen LogP contribution in [-0.2, 0) is 12.4 Å². The lowest BCUT2D eigenvalue weighted by Crippen LogP contribution is -2.16. The Morgan fingerprint density at radius 3 is 2.55 bits per heavy atom. The highest BCUT2D eigenvalue weighted by Gasteiger charge is 2.41. The van der Waals surface area contributed by atoms with Gasteiger partial charge in [-0.3, -0.25) is 0 Å². The van der Waals surface area contributed by atoms with E-state index in [2.05, 4.69) is 45.4 Å². The first kappa shape index (κ1) is 13.4. The van der Waals surface area contributed by atoms with E-state index in [-0.39, 0.29) is 0 Å². The molecule has 106 valence electrons. The summed E-state index contributed by atoms with van der Waals surface area (Å²) in [5.74, 6) is 4.33. The normalized spacial score (nSPS) is 19.1. The summed E-state index contributed by atoms with van der Waals surface area (Å²) in [7, 11) is 0. The zero-order valence-electron chi connectivity index (χ0n) is 11.4. The molecule has 0 amide bonds. The standard InChI is InChI=1S/C16H18ClIN2/c17-8-16-19-14-7-12(18)5-6-15(14)20(16)9-13(10-1-2-10)11-3-4-11/h5-7,10-11,13H,1-4,8-9H2. The molecular formula is C16H18ClIN2. The lowest BCUT2D eigenvalue weighted by molar-refractivity contribution is 0.350. The van der Waals surface area contributed by atoms with E-state index in [1.807, 2.05) is 0 Å². The summed E-state index contributed by atoms with van der Waals surface area (Å²) < 4.78 is 3.63. The molecule has 2 nitrogen and oxygen atoms in total. The number of fused-ring (bicyclic) bond motifs is 1. The molecule has 2 saturated carbocycles. The zero-order valence-corrected chi connectivity index (χ0v) is 14.3. The smallest absolute Gasteiger partial charge is 0.124 e. The molecule has 20 heavy (non-hydrogen) atoms. The van der Waals surface area contributed by atoms with Crippen LogP contribution in [0.5, 0.6) is 0 Å². The van der Waals surface area contributed by atoms with Gasteiger partial charge in [0.15, 0.2) is 0 Å². The number of nitrogens with zero attached hydrogens (tertiary/aromatic N) is 2. The number of benzene rings is 1. The summed E-state index contributed by atoms with van der Waals surface area (Å²) in [6, 6.07) is 6.53. The Balaban J connectivity index is 1.73. The second-order valence-corrected chi connectivity index (χ2v) is 7.76. The molecule has 0 atom stereocenters. The molecule has 2 fully saturated rings. The van der Waals surface area contributed by atoms with Crippen LogP contribution >= 0.6 is 34.2 Å². The highest BCUT2D eigenvalue weighted by Crippen LogP contribution is 2.50. The minimum Gasteiger partial charge on any atom is -0.327 e. The third-order valence-electron chi connectivity index (χ3n) is 4.76. The van der Waals surface area contributed by atoms with Gasteiger partial charge in [-0.2, -0.15) is 0 Å². The fraction of sp³-hybridized carbons (Fsp3) is 0.562. The van der Waals surface area contributed by atoms with Gasteiger partial charge < -0.3 is 4.57 Å². The number of rotatable bonds is 5. The van der Waals surface area contributed by atoms with Crippen LogP contribution in [0, 0.1) is 21.3 Å². The quantitative estimate of drug-likeness (QED) is 0.520. The number of alkyl halides is 1. The average Bonchev–Trinajstić information content (AvgIpc) is 3.33. The minimum absolute atomic E-state index is 0.507. The molecule has 0 N–H and O–H groups in total. The molecule has 4 rings (SSSR count). The van der Waals surface area contributed by atoms with Gasteiger partial charge in [-0.25, -0.2) is 4.98 Å². The van der Waals surface area contributed by atoms with Crippen molar-refractivity contribution in [3.63, 3.8) is 0 Å². The van der Waals surface area contributed by atoms with Crippen molar-refractivity contribution in [2.45, 2.75) is 38.1 Å². The van der Waals surface area contributed by atoms with E-state index in [0.717, 1.165) is 35.6 Å². The molecule has 4 heteroatoms. The molecule has 2 aromatic rings. The van der Waals surface area contributed by atoms with Gasteiger partial charge in [0.2, 0.25) is 0 Å². The van der Waals surface area contributed by atoms with Crippen LogP contribution in [-0.4, -0.2) is 9.55 Å². The number of hydrogen-bond acceptors (Lipinski definition) is 1. The van der Waals surface area contributed by atoms with Crippen LogP contribution in [0.1, 0.15) is 31.5 Å². The molecular weight excluding hydrogens is 383 g/mol. The fourth-order valence-corrected chi connectivity index (χ4v) is 4.08. The van der Waals surface area contributed by atoms with Crippen LogP contribution in [0.25, 0.3) is 11.0 Å². The van der Waals surface area contributed by atoms with Crippen LogP contribution in [0.3, 0.4) is 0 Å². The summed E-state index contributed by atoms with van der Waals surface area (Å²) in [6.07, 6.45) is 5.73. The zero-order chi connectivity index (χ0) is 13.7. The summed E-state index contributed by atoms with van der Waals surface area (Å²) in [5.41, 5.74) is 2.35. The van der Waals surface area contributed by atoms with E-state index >= 15 is 0 Å². The van der Waals surface area contributed by atoms with Crippen LogP contribution in [0.15, 0.2) is 18.2 Å². The lowest BCUT2D eigenvalue weighted by Gasteiger charge is -2.18. The Bertz CT molecular complexity index is 631. The predicted octanol–water partition coefficient (Wildman–Crippen LogP) is 4.82. The van der Waals surface area contributed by atoms with Gasteiger partial charge in [0.05, 0.1) is 16.9 Å². The topological polar surface area (TPSA) is 17.8 Å². The van der Waals surface area contributed by atoms with E-state index < -0.39 is 0 Å². The Hall–Kier alpha value is -0.290. The van der Waals surface area contributed by atoms with Crippen molar-refractivity contribution < 1.29 is 0 Å². The Labute approximate surface area is 138 Å². The molecule has 1 heterocycles. The van der Waals surface area contributed by atoms with Crippen molar-refractivity contribution in [1.29, 1.82) is 0 Å². The van der Waals surface area contributed by atoms with Crippen molar-refractivity contribution in [1.82, 2.24) is 9.55 Å². The molecule has 1 aromatic carbocycles. The van der Waals surface area contributed by atoms with Crippen LogP contribution < -0.4 is 0 Å². The van der Waals surface area contributed by atoms with Crippen LogP contribution in [0.4, 0.5) is 0 Å². The number of imidazole rings is 1. The maximum Gasteiger partial charge on any atom is 0.124 e. The highest BCUT2D eigenvalue weighted by molar-refractivity contribution is 14.1. The molecule has 0 radical (unpaired) electrons. The summed E-state index contributed by atoms with van der Waals surface area (Å²) in [6.45, 7) is 1.12. The van der Waals surface area contributed by atoms with Gasteiger partial charge in [0.25, 0.3) is 0 Å². The third kappa shape index (κ3) is 2.47. The van der Waals surface area contributed by atoms with Crippen molar-refractivity contribution in [3.05, 3.63) is 27.6 Å². The van der Waals surface area contributed by atoms with Gasteiger partial charge in [-0.15, -0.1) is 11.6 Å². The monoisotopic (exact) mass is 400 g/mol. The molecule has 1 aromatic heterocycles. The first-order valence-corrected chi connectivity index (χ1v) is 9.08. The fourth-order valence-electron chi connectivity index (χ4n) is 3.40. The van der Waals surface area contributed by atoms with E-state index in [1.54, 1.807) is 0 Å². The predicted molar refractivity (Wildman–Crippen MR) is 90.9 cm³/mol. The highest BCUT2D eigenvalue weighted by atomic mass is 127. The van der Waals surface area contributed by atoms with Crippen molar-refractivity contribution in [2.24, 2.45) is 17.8 Å². The van der Waals surface area contributed by atoms with Crippen LogP contribution in [0.2, 0.25) is 0 Å². The third-order valence-corrected chi connectivity index (χ3v) is 5.67. The van der Waals surface area contributed by atoms with E-state index in [9.17, 15) is 0 Å². The van der Waals surface area contributed by atoms with Crippen molar-refractivity contribution in [3.8, 4) is 0 Å². The maximum absolute atomic E-state index is 6.13. The average molecular weight is 401 g/mol. The minimum atomic E-state index is 0.507. The second-order valence-electron chi connectivity index (χ2n) is 6.24. The SMILES string of the molecule is ClCc1nc2cc(I)ccc2n1CC(C1CC1)C1CC1. The molecule has 0 aliphatic heterocycles. The Kier molecular flexibility index (Phi) is 3.45. The molecule has 2 aliphatic carbocycles. The van der Waals surface area contributed by atoms with E-state index in [0.29, 0.717) is 5.88 Å². The van der Waals surface area contributed by atoms with Gasteiger partial charge in [0.1, 0.15) is 5.82 Å². The Morgan fingerprint density at radius 2 is 1.95 bits per heavy atom. The lowest BCUT2D eigenvalue weighted by atomic mass is 9.98. The van der Waals surface area contributed by atoms with Gasteiger partial charge >= 0.3 is 0 Å². The van der Waals surface area contributed by atoms with Crippen molar-refractivity contribution in [2.75, 3.05) is 0 Å². The summed E-state index contributed by atoms with van der Waals surface area (Å²) >= 11 is 8.48. The van der Waals surface area contributed by atoms with E-state index in [4.69, 9.17) is 16.6 Å². The van der Waals surface area contributed by atoms with Gasteiger partial charge in [-0.05, 0) is 84.2 Å². The largest absolute Gasteiger partial charge is 0.327 e. The Morgan fingerprint density at radius 1 is 1.25 bits per heavy atom.